The number of nitrogens with zero attached hydrogens (tertiary/aromatic N) is 5. The van der Waals surface area contributed by atoms with Crippen LogP contribution in [0.4, 0.5) is 15.4 Å². The molecule has 36 heavy (non-hydrogen) atoms. The third kappa shape index (κ3) is 6.21. The molecule has 1 saturated carbocycles. The van der Waals surface area contributed by atoms with Crippen molar-refractivity contribution in [2.75, 3.05) is 19.1 Å². The highest BCUT2D eigenvalue weighted by Crippen LogP contribution is 2.36. The number of carbonyl (C=O) groups is 3. The Morgan fingerprint density at radius 3 is 1.94 bits per heavy atom. The van der Waals surface area contributed by atoms with Gasteiger partial charge in [0.15, 0.2) is 17.0 Å². The van der Waals surface area contributed by atoms with Crippen molar-refractivity contribution < 1.29 is 33.3 Å². The number of anilines is 1. The number of aromatic nitrogens is 4. The van der Waals surface area contributed by atoms with Crippen molar-refractivity contribution in [1.29, 1.82) is 0 Å². The molecule has 2 aromatic rings. The summed E-state index contributed by atoms with van der Waals surface area (Å²) in [5, 5.41) is 0. The van der Waals surface area contributed by atoms with E-state index in [0.717, 1.165) is 0 Å². The smallest absolute Gasteiger partial charge is 0.425 e. The molecule has 1 aliphatic rings. The van der Waals surface area contributed by atoms with Crippen LogP contribution in [-0.4, -0.2) is 63.1 Å². The van der Waals surface area contributed by atoms with Gasteiger partial charge in [0.05, 0.1) is 26.5 Å². The summed E-state index contributed by atoms with van der Waals surface area (Å²) in [4.78, 5) is 52.2. The lowest BCUT2D eigenvalue weighted by molar-refractivity contribution is -0.146. The van der Waals surface area contributed by atoms with Gasteiger partial charge in [0.2, 0.25) is 0 Å². The maximum Gasteiger partial charge on any atom is 0.425 e. The molecule has 0 saturated heterocycles. The number of imide groups is 1. The van der Waals surface area contributed by atoms with E-state index in [1.807, 2.05) is 4.57 Å². The van der Waals surface area contributed by atoms with Crippen LogP contribution in [0.5, 0.6) is 6.01 Å². The highest BCUT2D eigenvalue weighted by Gasteiger charge is 2.37. The molecule has 0 bridgehead atoms. The highest BCUT2D eigenvalue weighted by molar-refractivity contribution is 6.12. The molecule has 2 heterocycles. The minimum absolute atomic E-state index is 0.000124. The zero-order valence-electron chi connectivity index (χ0n) is 22.2. The van der Waals surface area contributed by atoms with E-state index in [4.69, 9.17) is 18.9 Å². The summed E-state index contributed by atoms with van der Waals surface area (Å²) >= 11 is 0. The van der Waals surface area contributed by atoms with Crippen molar-refractivity contribution in [3.8, 4) is 6.01 Å². The Morgan fingerprint density at radius 2 is 1.47 bits per heavy atom. The molecule has 1 fully saturated rings. The van der Waals surface area contributed by atoms with Crippen LogP contribution in [0.15, 0.2) is 6.33 Å². The normalized spacial score (nSPS) is 18.4. The molecule has 1 aliphatic carbocycles. The molecule has 198 valence electrons. The third-order valence-electron chi connectivity index (χ3n) is 5.55. The fourth-order valence-corrected chi connectivity index (χ4v) is 4.02. The predicted octanol–water partition coefficient (Wildman–Crippen LogP) is 4.42. The van der Waals surface area contributed by atoms with Crippen molar-refractivity contribution in [1.82, 2.24) is 19.5 Å². The lowest BCUT2D eigenvalue weighted by Gasteiger charge is -2.29. The number of carbonyl (C=O) groups excluding carboxylic acids is 3. The van der Waals surface area contributed by atoms with Crippen molar-refractivity contribution in [3.05, 3.63) is 6.33 Å². The lowest BCUT2D eigenvalue weighted by atomic mass is 9.86. The summed E-state index contributed by atoms with van der Waals surface area (Å²) in [6.07, 6.45) is 2.39. The van der Waals surface area contributed by atoms with Gasteiger partial charge in [0.1, 0.15) is 11.2 Å². The van der Waals surface area contributed by atoms with E-state index in [1.165, 1.54) is 14.2 Å². The number of amides is 2. The number of hydrogen-bond donors (Lipinski definition) is 0. The van der Waals surface area contributed by atoms with Gasteiger partial charge < -0.3 is 23.5 Å². The molecule has 3 rings (SSSR count). The highest BCUT2D eigenvalue weighted by atomic mass is 16.6. The molecular formula is C24H35N5O7. The number of fused-ring (bicyclic) bond motifs is 1. The monoisotopic (exact) mass is 505 g/mol. The molecule has 0 N–H and O–H groups in total. The molecule has 12 nitrogen and oxygen atoms in total. The Hall–Kier alpha value is -3.44. The first-order valence-corrected chi connectivity index (χ1v) is 11.9. The molecule has 2 aromatic heterocycles. The van der Waals surface area contributed by atoms with Crippen LogP contribution < -0.4 is 9.64 Å². The SMILES string of the molecule is COC(=O)C1CCC(n2cnc3c(N(C(=O)OC(C)(C)C)C(=O)OC(C)(C)C)nc(OC)nc32)CC1. The second-order valence-corrected chi connectivity index (χ2v) is 10.7. The van der Waals surface area contributed by atoms with Gasteiger partial charge in [-0.25, -0.2) is 14.6 Å². The fraction of sp³-hybridized carbons (Fsp3) is 0.667. The van der Waals surface area contributed by atoms with Crippen molar-refractivity contribution in [2.45, 2.75) is 84.5 Å². The number of hydrogen-bond acceptors (Lipinski definition) is 10. The molecule has 0 radical (unpaired) electrons. The zero-order valence-corrected chi connectivity index (χ0v) is 22.2. The quantitative estimate of drug-likeness (QED) is 0.434. The van der Waals surface area contributed by atoms with Crippen LogP contribution in [0.1, 0.15) is 73.3 Å². The summed E-state index contributed by atoms with van der Waals surface area (Å²) in [6, 6.07) is -0.0560. The van der Waals surface area contributed by atoms with Gasteiger partial charge >= 0.3 is 24.2 Å². The zero-order chi connectivity index (χ0) is 26.8. The first kappa shape index (κ1) is 27.2. The maximum absolute atomic E-state index is 13.2. The van der Waals surface area contributed by atoms with Gasteiger partial charge in [0, 0.05) is 6.04 Å². The van der Waals surface area contributed by atoms with E-state index in [1.54, 1.807) is 47.9 Å². The Morgan fingerprint density at radius 1 is 0.917 bits per heavy atom. The summed E-state index contributed by atoms with van der Waals surface area (Å²) < 4.78 is 23.0. The minimum atomic E-state index is -0.966. The van der Waals surface area contributed by atoms with E-state index in [2.05, 4.69) is 15.0 Å². The van der Waals surface area contributed by atoms with Crippen LogP contribution >= 0.6 is 0 Å². The van der Waals surface area contributed by atoms with E-state index in [-0.39, 0.29) is 35.3 Å². The summed E-state index contributed by atoms with van der Waals surface area (Å²) in [7, 11) is 2.78. The van der Waals surface area contributed by atoms with Crippen LogP contribution in [0.2, 0.25) is 0 Å². The van der Waals surface area contributed by atoms with Gasteiger partial charge in [-0.05, 0) is 67.2 Å². The van der Waals surface area contributed by atoms with Crippen molar-refractivity contribution >= 4 is 35.1 Å². The number of esters is 1. The molecule has 0 aliphatic heterocycles. The number of ether oxygens (including phenoxy) is 4. The van der Waals surface area contributed by atoms with Gasteiger partial charge in [-0.1, -0.05) is 0 Å². The second kappa shape index (κ2) is 10.3. The van der Waals surface area contributed by atoms with Gasteiger partial charge in [-0.15, -0.1) is 0 Å². The van der Waals surface area contributed by atoms with E-state index < -0.39 is 23.4 Å². The fourth-order valence-electron chi connectivity index (χ4n) is 4.02. The molecule has 0 aromatic carbocycles. The molecule has 0 atom stereocenters. The summed E-state index contributed by atoms with van der Waals surface area (Å²) in [6.45, 7) is 10.1. The molecule has 12 heteroatoms. The topological polar surface area (TPSA) is 135 Å². The van der Waals surface area contributed by atoms with Crippen molar-refractivity contribution in [3.63, 3.8) is 0 Å². The molecular weight excluding hydrogens is 470 g/mol. The van der Waals surface area contributed by atoms with Crippen LogP contribution in [0, 0.1) is 5.92 Å². The second-order valence-electron chi connectivity index (χ2n) is 10.7. The van der Waals surface area contributed by atoms with Gasteiger partial charge in [0.25, 0.3) is 0 Å². The Kier molecular flexibility index (Phi) is 7.75. The average Bonchev–Trinajstić information content (AvgIpc) is 3.20. The molecule has 2 amide bonds. The molecule has 0 spiro atoms. The molecule has 0 unspecified atom stereocenters. The Labute approximate surface area is 210 Å². The first-order valence-electron chi connectivity index (χ1n) is 11.9. The minimum Gasteiger partial charge on any atom is -0.469 e. The summed E-state index contributed by atoms with van der Waals surface area (Å²) in [5.74, 6) is -0.460. The Bertz CT molecular complexity index is 1100. The van der Waals surface area contributed by atoms with Crippen LogP contribution in [0.3, 0.4) is 0 Å². The number of imidazole rings is 1. The standard InChI is InChI=1S/C24H35N5O7/c1-23(2,3)35-21(31)29(22(32)36-24(4,5)6)18-16-17(26-20(27-18)34-8)28(13-25-16)15-11-9-14(10-12-15)19(30)33-7/h13-15H,9-12H2,1-8H3. The number of methoxy groups -OCH3 is 2. The Balaban J connectivity index is 2.06. The van der Waals surface area contributed by atoms with Gasteiger partial charge in [-0.3, -0.25) is 4.79 Å². The maximum atomic E-state index is 13.2. The van der Waals surface area contributed by atoms with E-state index in [9.17, 15) is 14.4 Å². The van der Waals surface area contributed by atoms with Gasteiger partial charge in [-0.2, -0.15) is 14.9 Å². The largest absolute Gasteiger partial charge is 0.469 e. The summed E-state index contributed by atoms with van der Waals surface area (Å²) in [5.41, 5.74) is -1.17. The first-order chi connectivity index (χ1) is 16.7. The van der Waals surface area contributed by atoms with E-state index in [0.29, 0.717) is 36.2 Å². The van der Waals surface area contributed by atoms with E-state index >= 15 is 0 Å². The van der Waals surface area contributed by atoms with Crippen LogP contribution in [-0.2, 0) is 19.0 Å². The van der Waals surface area contributed by atoms with Crippen LogP contribution in [0.25, 0.3) is 11.2 Å². The third-order valence-corrected chi connectivity index (χ3v) is 5.55. The average molecular weight is 506 g/mol. The predicted molar refractivity (Wildman–Crippen MR) is 130 cm³/mol. The number of rotatable bonds is 4. The lowest BCUT2D eigenvalue weighted by Crippen LogP contribution is -2.44. The van der Waals surface area contributed by atoms with Crippen molar-refractivity contribution in [2.24, 2.45) is 5.92 Å².